The summed E-state index contributed by atoms with van der Waals surface area (Å²) in [5, 5.41) is 15.0. The summed E-state index contributed by atoms with van der Waals surface area (Å²) in [5.74, 6) is 1.00. The number of nitrogens with zero attached hydrogens (tertiary/aromatic N) is 3. The minimum atomic E-state index is -0.470. The standard InChI is InChI=1S/C24H25N7O/c1-14-17(24(10-11-24)22(32)19-9-12-28-31(19)2)7-8-18-21(14)30-20(29-18)13-27-16-5-3-15(4-6-16)23(25)26/h3-9,12,27H,10-11,13H2,1-2H3,(H3,25,26)(H,29,30). The van der Waals surface area contributed by atoms with Crippen LogP contribution < -0.4 is 11.1 Å². The van der Waals surface area contributed by atoms with Crippen molar-refractivity contribution in [2.45, 2.75) is 31.7 Å². The Morgan fingerprint density at radius 2 is 1.97 bits per heavy atom. The average molecular weight is 428 g/mol. The maximum absolute atomic E-state index is 13.3. The molecule has 32 heavy (non-hydrogen) atoms. The smallest absolute Gasteiger partial charge is 0.191 e. The van der Waals surface area contributed by atoms with Crippen LogP contribution in [0.4, 0.5) is 5.69 Å². The number of amidine groups is 1. The molecule has 0 atom stereocenters. The highest BCUT2D eigenvalue weighted by Gasteiger charge is 2.53. The Bertz CT molecular complexity index is 1340. The number of hydrogen-bond acceptors (Lipinski definition) is 5. The van der Waals surface area contributed by atoms with Gasteiger partial charge in [-0.1, -0.05) is 6.07 Å². The lowest BCUT2D eigenvalue weighted by molar-refractivity contribution is 0.0936. The van der Waals surface area contributed by atoms with Gasteiger partial charge in [-0.05, 0) is 67.3 Å². The highest BCUT2D eigenvalue weighted by molar-refractivity contribution is 6.05. The number of benzene rings is 2. The summed E-state index contributed by atoms with van der Waals surface area (Å²) in [7, 11) is 1.81. The second-order valence-electron chi connectivity index (χ2n) is 8.41. The van der Waals surface area contributed by atoms with Crippen LogP contribution in [0.2, 0.25) is 0 Å². The van der Waals surface area contributed by atoms with Crippen molar-refractivity contribution in [3.8, 4) is 0 Å². The van der Waals surface area contributed by atoms with Crippen molar-refractivity contribution in [2.24, 2.45) is 12.8 Å². The zero-order valence-corrected chi connectivity index (χ0v) is 18.1. The van der Waals surface area contributed by atoms with Crippen LogP contribution in [0, 0.1) is 12.3 Å². The fourth-order valence-corrected chi connectivity index (χ4v) is 4.40. The summed E-state index contributed by atoms with van der Waals surface area (Å²) in [4.78, 5) is 21.5. The van der Waals surface area contributed by atoms with Crippen molar-refractivity contribution in [3.05, 3.63) is 76.9 Å². The quantitative estimate of drug-likeness (QED) is 0.204. The van der Waals surface area contributed by atoms with Gasteiger partial charge < -0.3 is 16.0 Å². The number of carbonyl (C=O) groups is 1. The number of rotatable bonds is 7. The van der Waals surface area contributed by atoms with Crippen molar-refractivity contribution in [1.29, 1.82) is 5.41 Å². The maximum Gasteiger partial charge on any atom is 0.191 e. The van der Waals surface area contributed by atoms with Crippen molar-refractivity contribution in [1.82, 2.24) is 19.7 Å². The molecule has 2 aromatic carbocycles. The van der Waals surface area contributed by atoms with Gasteiger partial charge in [-0.15, -0.1) is 0 Å². The van der Waals surface area contributed by atoms with Gasteiger partial charge >= 0.3 is 0 Å². The fourth-order valence-electron chi connectivity index (χ4n) is 4.40. The number of nitrogens with one attached hydrogen (secondary N) is 3. The Kier molecular flexibility index (Phi) is 4.58. The summed E-state index contributed by atoms with van der Waals surface area (Å²) in [6.07, 6.45) is 3.36. The topological polar surface area (TPSA) is 125 Å². The third-order valence-electron chi connectivity index (χ3n) is 6.37. The Balaban J connectivity index is 1.40. The van der Waals surface area contributed by atoms with Crippen molar-refractivity contribution in [2.75, 3.05) is 5.32 Å². The lowest BCUT2D eigenvalue weighted by Gasteiger charge is -2.17. The maximum atomic E-state index is 13.3. The number of nitrogen functional groups attached to an aromatic ring is 1. The van der Waals surface area contributed by atoms with Gasteiger partial charge in [0.25, 0.3) is 0 Å². The van der Waals surface area contributed by atoms with Gasteiger partial charge in [0.2, 0.25) is 0 Å². The van der Waals surface area contributed by atoms with E-state index in [0.29, 0.717) is 17.8 Å². The van der Waals surface area contributed by atoms with Gasteiger partial charge in [-0.3, -0.25) is 14.9 Å². The number of H-pyrrole nitrogens is 1. The Labute approximate surface area is 185 Å². The molecule has 1 aliphatic carbocycles. The van der Waals surface area contributed by atoms with Crippen LogP contribution in [0.5, 0.6) is 0 Å². The first-order chi connectivity index (χ1) is 15.4. The number of anilines is 1. The number of hydrogen-bond donors (Lipinski definition) is 4. The monoisotopic (exact) mass is 427 g/mol. The fraction of sp³-hybridized carbons (Fsp3) is 0.250. The van der Waals surface area contributed by atoms with Gasteiger partial charge in [-0.2, -0.15) is 5.10 Å². The SMILES string of the molecule is Cc1c(C2(C(=O)c3ccnn3C)CC2)ccc2[nH]c(CNc3ccc(C(=N)N)cc3)nc12. The largest absolute Gasteiger partial charge is 0.384 e. The summed E-state index contributed by atoms with van der Waals surface area (Å²) in [6.45, 7) is 2.58. The predicted molar refractivity (Wildman–Crippen MR) is 124 cm³/mol. The van der Waals surface area contributed by atoms with E-state index in [0.717, 1.165) is 46.5 Å². The summed E-state index contributed by atoms with van der Waals surface area (Å²) in [5.41, 5.74) is 11.3. The molecule has 0 spiro atoms. The minimum absolute atomic E-state index is 0.0513. The first-order valence-electron chi connectivity index (χ1n) is 10.6. The highest BCUT2D eigenvalue weighted by atomic mass is 16.1. The number of fused-ring (bicyclic) bond motifs is 1. The highest BCUT2D eigenvalue weighted by Crippen LogP contribution is 2.52. The molecule has 0 amide bonds. The van der Waals surface area contributed by atoms with E-state index < -0.39 is 5.41 Å². The zero-order chi connectivity index (χ0) is 22.5. The van der Waals surface area contributed by atoms with E-state index in [1.807, 2.05) is 37.3 Å². The van der Waals surface area contributed by atoms with E-state index >= 15 is 0 Å². The number of aryl methyl sites for hydroxylation is 2. The van der Waals surface area contributed by atoms with Crippen molar-refractivity contribution >= 4 is 28.3 Å². The number of nitrogens with two attached hydrogens (primary N) is 1. The van der Waals surface area contributed by atoms with Crippen LogP contribution in [0.3, 0.4) is 0 Å². The molecule has 8 heteroatoms. The Hall–Kier alpha value is -3.94. The summed E-state index contributed by atoms with van der Waals surface area (Å²) >= 11 is 0. The van der Waals surface area contributed by atoms with Crippen LogP contribution in [-0.4, -0.2) is 31.4 Å². The molecule has 2 aromatic heterocycles. The molecular weight excluding hydrogens is 402 g/mol. The molecule has 0 radical (unpaired) electrons. The number of aromatic amines is 1. The molecule has 5 rings (SSSR count). The lowest BCUT2D eigenvalue weighted by Crippen LogP contribution is -2.24. The normalized spacial score (nSPS) is 14.4. The number of carbonyl (C=O) groups excluding carboxylic acids is 1. The van der Waals surface area contributed by atoms with Gasteiger partial charge in [0.1, 0.15) is 17.4 Å². The van der Waals surface area contributed by atoms with Gasteiger partial charge in [0, 0.05) is 24.5 Å². The lowest BCUT2D eigenvalue weighted by atomic mass is 9.86. The molecule has 1 aliphatic rings. The Morgan fingerprint density at radius 3 is 2.59 bits per heavy atom. The molecule has 2 heterocycles. The number of imidazole rings is 1. The number of aromatic nitrogens is 4. The summed E-state index contributed by atoms with van der Waals surface area (Å²) in [6, 6.07) is 13.3. The molecular formula is C24H25N7O. The molecule has 0 saturated heterocycles. The van der Waals surface area contributed by atoms with E-state index in [1.54, 1.807) is 24.0 Å². The van der Waals surface area contributed by atoms with E-state index in [2.05, 4.69) is 21.5 Å². The van der Waals surface area contributed by atoms with E-state index in [1.165, 1.54) is 0 Å². The van der Waals surface area contributed by atoms with E-state index in [4.69, 9.17) is 16.1 Å². The molecule has 5 N–H and O–H groups in total. The zero-order valence-electron chi connectivity index (χ0n) is 18.1. The van der Waals surface area contributed by atoms with Gasteiger partial charge in [-0.25, -0.2) is 4.98 Å². The van der Waals surface area contributed by atoms with E-state index in [9.17, 15) is 4.79 Å². The van der Waals surface area contributed by atoms with Gasteiger partial charge in [0.15, 0.2) is 5.78 Å². The third kappa shape index (κ3) is 3.24. The molecule has 1 saturated carbocycles. The third-order valence-corrected chi connectivity index (χ3v) is 6.37. The minimum Gasteiger partial charge on any atom is -0.384 e. The molecule has 4 aromatic rings. The van der Waals surface area contributed by atoms with Gasteiger partial charge in [0.05, 0.1) is 23.0 Å². The van der Waals surface area contributed by atoms with Crippen LogP contribution >= 0.6 is 0 Å². The molecule has 1 fully saturated rings. The second-order valence-corrected chi connectivity index (χ2v) is 8.41. The van der Waals surface area contributed by atoms with Crippen LogP contribution in [0.25, 0.3) is 11.0 Å². The molecule has 0 aliphatic heterocycles. The average Bonchev–Trinajstić information content (AvgIpc) is 3.29. The molecule has 162 valence electrons. The predicted octanol–water partition coefficient (Wildman–Crippen LogP) is 3.42. The van der Waals surface area contributed by atoms with Crippen molar-refractivity contribution < 1.29 is 4.79 Å². The van der Waals surface area contributed by atoms with Crippen molar-refractivity contribution in [3.63, 3.8) is 0 Å². The summed E-state index contributed by atoms with van der Waals surface area (Å²) < 4.78 is 1.65. The Morgan fingerprint density at radius 1 is 1.22 bits per heavy atom. The second kappa shape index (κ2) is 7.33. The molecule has 8 nitrogen and oxygen atoms in total. The van der Waals surface area contributed by atoms with E-state index in [-0.39, 0.29) is 11.6 Å². The first-order valence-corrected chi connectivity index (χ1v) is 10.6. The van der Waals surface area contributed by atoms with Crippen LogP contribution in [-0.2, 0) is 19.0 Å². The first kappa shape index (κ1) is 20.0. The number of Topliss-reactive ketones (excluding diaryl/α,β-unsaturated/α-hetero) is 1. The van der Waals surface area contributed by atoms with Crippen LogP contribution in [0.1, 0.15) is 45.8 Å². The number of ketones is 1. The van der Waals surface area contributed by atoms with Crippen LogP contribution in [0.15, 0.2) is 48.7 Å². The molecule has 0 bridgehead atoms. The molecule has 0 unspecified atom stereocenters.